The Balaban J connectivity index is 2.40. The molecule has 0 spiro atoms. The summed E-state index contributed by atoms with van der Waals surface area (Å²) in [5, 5.41) is 17.2. The maximum atomic E-state index is 12.6. The zero-order chi connectivity index (χ0) is 25.5. The summed E-state index contributed by atoms with van der Waals surface area (Å²) in [6.45, 7) is 0.254. The number of likely N-dealkylation sites (N-methyl/N-ethyl adjacent to an activating group) is 1. The van der Waals surface area contributed by atoms with Gasteiger partial charge in [0, 0.05) is 25.9 Å². The Morgan fingerprint density at radius 3 is 2.24 bits per heavy atom. The largest absolute Gasteiger partial charge is 0.394 e. The summed E-state index contributed by atoms with van der Waals surface area (Å²) >= 11 is 4.06. The van der Waals surface area contributed by atoms with Crippen molar-refractivity contribution in [2.24, 2.45) is 11.5 Å². The normalized spacial score (nSPS) is 13.6. The number of nitrogens with one attached hydrogen (secondary N) is 3. The van der Waals surface area contributed by atoms with Gasteiger partial charge >= 0.3 is 0 Å². The van der Waals surface area contributed by atoms with E-state index in [2.05, 4.69) is 28.8 Å². The van der Waals surface area contributed by atoms with Crippen LogP contribution in [0.4, 0.5) is 0 Å². The number of unbranched alkanes of at least 4 members (excludes halogenated alkanes) is 1. The molecule has 0 radical (unpaired) electrons. The number of nitrogens with two attached hydrogens (primary N) is 2. The third-order valence-corrected chi connectivity index (χ3v) is 5.38. The Kier molecular flexibility index (Phi) is 13.9. The maximum Gasteiger partial charge on any atom is 0.242 e. The minimum Gasteiger partial charge on any atom is -0.394 e. The van der Waals surface area contributed by atoms with Gasteiger partial charge in [0.15, 0.2) is 0 Å². The third kappa shape index (κ3) is 11.5. The fourth-order valence-electron chi connectivity index (χ4n) is 3.10. The molecular weight excluding hydrogens is 460 g/mol. The Morgan fingerprint density at radius 2 is 1.68 bits per heavy atom. The molecule has 0 aromatic heterocycles. The predicted molar refractivity (Wildman–Crippen MR) is 131 cm³/mol. The van der Waals surface area contributed by atoms with Crippen LogP contribution in [-0.4, -0.2) is 77.9 Å². The zero-order valence-electron chi connectivity index (χ0n) is 19.4. The van der Waals surface area contributed by atoms with E-state index < -0.39 is 36.5 Å². The van der Waals surface area contributed by atoms with Gasteiger partial charge in [-0.05, 0) is 31.9 Å². The van der Waals surface area contributed by atoms with E-state index in [0.717, 1.165) is 5.56 Å². The lowest BCUT2D eigenvalue weighted by Crippen LogP contribution is -2.53. The molecule has 1 rings (SSSR count). The van der Waals surface area contributed by atoms with E-state index in [1.165, 1.54) is 4.31 Å². The van der Waals surface area contributed by atoms with Gasteiger partial charge in [0.2, 0.25) is 23.6 Å². The molecule has 0 saturated heterocycles. The topological polar surface area (TPSA) is 180 Å². The van der Waals surface area contributed by atoms with Crippen LogP contribution in [0.25, 0.3) is 0 Å². The molecule has 8 N–H and O–H groups in total. The predicted octanol–water partition coefficient (Wildman–Crippen LogP) is -1.54. The van der Waals surface area contributed by atoms with Crippen molar-refractivity contribution < 1.29 is 24.3 Å². The Labute approximate surface area is 205 Å². The summed E-state index contributed by atoms with van der Waals surface area (Å²) < 4.78 is 1.38. The first-order valence-corrected chi connectivity index (χ1v) is 11.5. The highest BCUT2D eigenvalue weighted by molar-refractivity contribution is 7.77. The average Bonchev–Trinajstić information content (AvgIpc) is 2.80. The molecule has 0 saturated carbocycles. The molecule has 190 valence electrons. The number of rotatable bonds is 16. The SMILES string of the molecule is CN(S)C(CCC(=O)NCCCCNC(=O)C(Cc1ccccc1)NC(=O)C(N)CO)C(N)=O. The molecule has 1 aromatic carbocycles. The van der Waals surface area contributed by atoms with Gasteiger partial charge in [-0.1, -0.05) is 43.1 Å². The number of hydrogen-bond donors (Lipinski definition) is 7. The van der Waals surface area contributed by atoms with Gasteiger partial charge in [0.05, 0.1) is 12.6 Å². The number of thiol groups is 1. The van der Waals surface area contributed by atoms with Crippen molar-refractivity contribution in [3.05, 3.63) is 35.9 Å². The molecule has 34 heavy (non-hydrogen) atoms. The van der Waals surface area contributed by atoms with Crippen LogP contribution in [0.2, 0.25) is 0 Å². The summed E-state index contributed by atoms with van der Waals surface area (Å²) in [4.78, 5) is 48.0. The number of primary amides is 1. The molecule has 0 bridgehead atoms. The van der Waals surface area contributed by atoms with E-state index in [9.17, 15) is 19.2 Å². The molecule has 0 aliphatic heterocycles. The van der Waals surface area contributed by atoms with Crippen LogP contribution in [0.1, 0.15) is 31.2 Å². The number of aliphatic hydroxyl groups excluding tert-OH is 1. The van der Waals surface area contributed by atoms with Crippen LogP contribution in [0.3, 0.4) is 0 Å². The highest BCUT2D eigenvalue weighted by Gasteiger charge is 2.23. The van der Waals surface area contributed by atoms with Gasteiger partial charge < -0.3 is 32.5 Å². The van der Waals surface area contributed by atoms with E-state index in [0.29, 0.717) is 25.9 Å². The first-order valence-electron chi connectivity index (χ1n) is 11.1. The number of amides is 4. The van der Waals surface area contributed by atoms with Crippen molar-refractivity contribution in [3.8, 4) is 0 Å². The summed E-state index contributed by atoms with van der Waals surface area (Å²) in [5.41, 5.74) is 11.7. The summed E-state index contributed by atoms with van der Waals surface area (Å²) in [5.74, 6) is -1.71. The van der Waals surface area contributed by atoms with Crippen molar-refractivity contribution in [3.63, 3.8) is 0 Å². The monoisotopic (exact) mass is 496 g/mol. The van der Waals surface area contributed by atoms with Crippen molar-refractivity contribution in [2.45, 2.75) is 50.2 Å². The van der Waals surface area contributed by atoms with Gasteiger partial charge in [-0.3, -0.25) is 19.2 Å². The van der Waals surface area contributed by atoms with Gasteiger partial charge in [0.25, 0.3) is 0 Å². The van der Waals surface area contributed by atoms with Crippen LogP contribution >= 0.6 is 12.8 Å². The summed E-state index contributed by atoms with van der Waals surface area (Å²) in [6.07, 6.45) is 1.93. The van der Waals surface area contributed by atoms with Crippen LogP contribution in [-0.2, 0) is 25.6 Å². The van der Waals surface area contributed by atoms with E-state index in [4.69, 9.17) is 16.6 Å². The highest BCUT2D eigenvalue weighted by Crippen LogP contribution is 2.07. The molecule has 0 fully saturated rings. The number of aliphatic hydroxyl groups is 1. The number of nitrogens with zero attached hydrogens (tertiary/aromatic N) is 1. The molecule has 11 nitrogen and oxygen atoms in total. The van der Waals surface area contributed by atoms with Crippen molar-refractivity contribution >= 4 is 36.4 Å². The third-order valence-electron chi connectivity index (χ3n) is 5.10. The highest BCUT2D eigenvalue weighted by atomic mass is 32.1. The molecule has 3 atom stereocenters. The van der Waals surface area contributed by atoms with Gasteiger partial charge in [-0.15, -0.1) is 0 Å². The lowest BCUT2D eigenvalue weighted by molar-refractivity contribution is -0.130. The van der Waals surface area contributed by atoms with E-state index in [1.54, 1.807) is 7.05 Å². The second-order valence-electron chi connectivity index (χ2n) is 7.92. The van der Waals surface area contributed by atoms with Crippen molar-refractivity contribution in [1.82, 2.24) is 20.3 Å². The minimum absolute atomic E-state index is 0.145. The minimum atomic E-state index is -1.11. The Bertz CT molecular complexity index is 795. The first-order chi connectivity index (χ1) is 16.1. The lowest BCUT2D eigenvalue weighted by Gasteiger charge is -2.20. The van der Waals surface area contributed by atoms with Crippen LogP contribution in [0, 0.1) is 0 Å². The van der Waals surface area contributed by atoms with Crippen molar-refractivity contribution in [2.75, 3.05) is 26.7 Å². The Hall–Kier alpha value is -2.67. The number of carbonyl (C=O) groups excluding carboxylic acids is 4. The Morgan fingerprint density at radius 1 is 1.06 bits per heavy atom. The van der Waals surface area contributed by atoms with Gasteiger partial charge in [-0.2, -0.15) is 0 Å². The fraction of sp³-hybridized carbons (Fsp3) is 0.545. The second-order valence-corrected chi connectivity index (χ2v) is 8.55. The summed E-state index contributed by atoms with van der Waals surface area (Å²) in [6, 6.07) is 6.65. The van der Waals surface area contributed by atoms with Crippen LogP contribution in [0.15, 0.2) is 30.3 Å². The standard InChI is InChI=1S/C22H36N6O5S/c1-28(34)18(20(24)31)9-10-19(30)25-11-5-6-12-26-22(33)17(27-21(32)16(23)14-29)13-15-7-3-2-4-8-15/h2-4,7-8,16-18,29,34H,5-6,9-14,23H2,1H3,(H2,24,31)(H,25,30)(H,26,33)(H,27,32). The number of benzene rings is 1. The van der Waals surface area contributed by atoms with Gasteiger partial charge in [0.1, 0.15) is 12.1 Å². The van der Waals surface area contributed by atoms with Crippen LogP contribution in [0.5, 0.6) is 0 Å². The summed E-state index contributed by atoms with van der Waals surface area (Å²) in [7, 11) is 1.60. The molecule has 0 aliphatic carbocycles. The van der Waals surface area contributed by atoms with Crippen LogP contribution < -0.4 is 27.4 Å². The average molecular weight is 497 g/mol. The molecule has 12 heteroatoms. The van der Waals surface area contributed by atoms with E-state index in [1.807, 2.05) is 30.3 Å². The van der Waals surface area contributed by atoms with E-state index >= 15 is 0 Å². The number of carbonyl (C=O) groups is 4. The van der Waals surface area contributed by atoms with Crippen molar-refractivity contribution in [1.29, 1.82) is 0 Å². The molecule has 1 aromatic rings. The van der Waals surface area contributed by atoms with E-state index in [-0.39, 0.29) is 31.1 Å². The zero-order valence-corrected chi connectivity index (χ0v) is 20.3. The molecule has 3 unspecified atom stereocenters. The smallest absolute Gasteiger partial charge is 0.242 e. The first kappa shape index (κ1) is 29.4. The lowest BCUT2D eigenvalue weighted by atomic mass is 10.0. The molecule has 0 heterocycles. The fourth-order valence-corrected chi connectivity index (χ4v) is 3.33. The molecular formula is C22H36N6O5S. The molecule has 0 aliphatic rings. The number of hydrogen-bond acceptors (Lipinski definition) is 8. The second kappa shape index (κ2) is 16.0. The maximum absolute atomic E-state index is 12.6. The molecule has 4 amide bonds. The van der Waals surface area contributed by atoms with Gasteiger partial charge in [-0.25, -0.2) is 4.31 Å². The quantitative estimate of drug-likeness (QED) is 0.107.